The lowest BCUT2D eigenvalue weighted by atomic mass is 9.92. The van der Waals surface area contributed by atoms with Crippen LogP contribution in [0.1, 0.15) is 32.6 Å². The summed E-state index contributed by atoms with van der Waals surface area (Å²) < 4.78 is 0. The van der Waals surface area contributed by atoms with Crippen LogP contribution in [-0.2, 0) is 4.79 Å². The smallest absolute Gasteiger partial charge is 0.208 e. The number of aliphatic hydroxyl groups excluding tert-OH is 1. The first kappa shape index (κ1) is 22.7. The van der Waals surface area contributed by atoms with E-state index >= 15 is 0 Å². The van der Waals surface area contributed by atoms with E-state index in [0.717, 1.165) is 25.3 Å². The number of benzene rings is 2. The molecule has 0 spiro atoms. The van der Waals surface area contributed by atoms with Gasteiger partial charge in [-0.3, -0.25) is 4.79 Å². The van der Waals surface area contributed by atoms with Gasteiger partial charge in [0.2, 0.25) is 5.78 Å². The third-order valence-corrected chi connectivity index (χ3v) is 5.37. The molecule has 8 heteroatoms. The number of rotatable bonds is 7. The molecule has 2 aromatic carbocycles. The minimum absolute atomic E-state index is 0.0607. The van der Waals surface area contributed by atoms with Crippen molar-refractivity contribution in [3.8, 4) is 11.5 Å². The summed E-state index contributed by atoms with van der Waals surface area (Å²) in [6.45, 7) is 2.07. The van der Waals surface area contributed by atoms with Gasteiger partial charge in [0.05, 0.1) is 21.4 Å². The number of ketones is 1. The summed E-state index contributed by atoms with van der Waals surface area (Å²) >= 11 is 12.0. The summed E-state index contributed by atoms with van der Waals surface area (Å²) in [6, 6.07) is 8.98. The molecule has 0 radical (unpaired) electrons. The molecular formula is C23H22Cl2N2O4. The van der Waals surface area contributed by atoms with E-state index in [1.54, 1.807) is 12.1 Å². The van der Waals surface area contributed by atoms with E-state index in [1.165, 1.54) is 24.3 Å². The van der Waals surface area contributed by atoms with Crippen LogP contribution in [0.25, 0.3) is 0 Å². The number of aliphatic imine (C=N–C) groups is 1. The standard InChI is InChI=1S/C23H22Cl2N2O4/c1-2-3-4-5-15-22(26-13-6-8-18(28)16(24)10-13)20(30)12-21(31)23(15)27-14-7-9-19(29)17(25)11-14/h6-12,26,28-30H,2-5H2,1H3. The number of aromatic hydroxyl groups is 2. The molecule has 4 N–H and O–H groups in total. The first-order valence-corrected chi connectivity index (χ1v) is 10.6. The molecule has 0 fully saturated rings. The van der Waals surface area contributed by atoms with Crippen LogP contribution in [0.2, 0.25) is 10.0 Å². The molecule has 3 rings (SSSR count). The average Bonchev–Trinajstić information content (AvgIpc) is 2.72. The highest BCUT2D eigenvalue weighted by molar-refractivity contribution is 6.51. The molecule has 0 bridgehead atoms. The second kappa shape index (κ2) is 9.90. The zero-order valence-electron chi connectivity index (χ0n) is 16.8. The number of nitrogens with one attached hydrogen (secondary N) is 1. The summed E-state index contributed by atoms with van der Waals surface area (Å²) in [4.78, 5) is 17.2. The Morgan fingerprint density at radius 3 is 2.29 bits per heavy atom. The van der Waals surface area contributed by atoms with Gasteiger partial charge in [-0.15, -0.1) is 0 Å². The van der Waals surface area contributed by atoms with E-state index in [9.17, 15) is 20.1 Å². The molecule has 0 amide bonds. The first-order valence-electron chi connectivity index (χ1n) is 9.81. The van der Waals surface area contributed by atoms with Crippen LogP contribution in [-0.4, -0.2) is 26.8 Å². The highest BCUT2D eigenvalue weighted by Gasteiger charge is 2.27. The van der Waals surface area contributed by atoms with E-state index in [-0.39, 0.29) is 33.0 Å². The number of anilines is 1. The number of phenolic OH excluding ortho intramolecular Hbond substituents is 2. The highest BCUT2D eigenvalue weighted by Crippen LogP contribution is 2.33. The number of aliphatic hydroxyl groups is 1. The third kappa shape index (κ3) is 5.40. The fourth-order valence-electron chi connectivity index (χ4n) is 3.17. The van der Waals surface area contributed by atoms with Crippen LogP contribution < -0.4 is 5.32 Å². The summed E-state index contributed by atoms with van der Waals surface area (Å²) in [5.74, 6) is -0.774. The van der Waals surface area contributed by atoms with Crippen LogP contribution in [0.5, 0.6) is 11.5 Å². The van der Waals surface area contributed by atoms with Crippen molar-refractivity contribution in [2.24, 2.45) is 4.99 Å². The van der Waals surface area contributed by atoms with Crippen molar-refractivity contribution in [2.45, 2.75) is 32.6 Å². The molecule has 31 heavy (non-hydrogen) atoms. The van der Waals surface area contributed by atoms with Gasteiger partial charge in [-0.2, -0.15) is 0 Å². The number of halogens is 2. The Kier molecular flexibility index (Phi) is 7.25. The molecule has 2 aromatic rings. The molecular weight excluding hydrogens is 439 g/mol. The number of nitrogens with zero attached hydrogens (tertiary/aromatic N) is 1. The second-order valence-electron chi connectivity index (χ2n) is 7.09. The maximum atomic E-state index is 12.7. The number of unbranched alkanes of at least 4 members (excludes halogenated alkanes) is 2. The first-order chi connectivity index (χ1) is 14.8. The molecule has 0 aliphatic heterocycles. The quantitative estimate of drug-likeness (QED) is 0.216. The van der Waals surface area contributed by atoms with Crippen LogP contribution in [0.3, 0.4) is 0 Å². The number of phenols is 2. The van der Waals surface area contributed by atoms with Gasteiger partial charge in [0.1, 0.15) is 23.0 Å². The Morgan fingerprint density at radius 2 is 1.65 bits per heavy atom. The predicted molar refractivity (Wildman–Crippen MR) is 124 cm³/mol. The number of carbonyl (C=O) groups excluding carboxylic acids is 1. The molecule has 1 aliphatic carbocycles. The van der Waals surface area contributed by atoms with Gasteiger partial charge in [0.25, 0.3) is 0 Å². The average molecular weight is 461 g/mol. The van der Waals surface area contributed by atoms with E-state index in [2.05, 4.69) is 17.2 Å². The van der Waals surface area contributed by atoms with Gasteiger partial charge in [0.15, 0.2) is 0 Å². The Balaban J connectivity index is 2.08. The van der Waals surface area contributed by atoms with E-state index in [1.807, 2.05) is 0 Å². The number of allylic oxidation sites excluding steroid dienone is 2. The van der Waals surface area contributed by atoms with Gasteiger partial charge in [0, 0.05) is 17.3 Å². The minimum atomic E-state index is -0.428. The topological polar surface area (TPSA) is 102 Å². The van der Waals surface area contributed by atoms with Gasteiger partial charge < -0.3 is 20.6 Å². The molecule has 0 heterocycles. The van der Waals surface area contributed by atoms with Crippen LogP contribution in [0, 0.1) is 0 Å². The lowest BCUT2D eigenvalue weighted by Gasteiger charge is -2.21. The maximum Gasteiger partial charge on any atom is 0.208 e. The van der Waals surface area contributed by atoms with E-state index in [4.69, 9.17) is 23.2 Å². The van der Waals surface area contributed by atoms with Crippen molar-refractivity contribution >= 4 is 46.1 Å². The number of hydrogen-bond donors (Lipinski definition) is 4. The largest absolute Gasteiger partial charge is 0.506 e. The van der Waals surface area contributed by atoms with Crippen molar-refractivity contribution in [2.75, 3.05) is 5.32 Å². The number of hydrogen-bond acceptors (Lipinski definition) is 6. The molecule has 6 nitrogen and oxygen atoms in total. The molecule has 0 unspecified atom stereocenters. The molecule has 162 valence electrons. The second-order valence-corrected chi connectivity index (χ2v) is 7.91. The molecule has 1 aliphatic rings. The maximum absolute atomic E-state index is 12.7. The lowest BCUT2D eigenvalue weighted by molar-refractivity contribution is -0.109. The van der Waals surface area contributed by atoms with Crippen molar-refractivity contribution in [1.29, 1.82) is 0 Å². The Morgan fingerprint density at radius 1 is 0.968 bits per heavy atom. The third-order valence-electron chi connectivity index (χ3n) is 4.76. The Hall–Kier alpha value is -2.96. The number of carbonyl (C=O) groups is 1. The fourth-order valence-corrected chi connectivity index (χ4v) is 3.52. The summed E-state index contributed by atoms with van der Waals surface area (Å²) in [5, 5.41) is 33.2. The van der Waals surface area contributed by atoms with E-state index in [0.29, 0.717) is 29.1 Å². The molecule has 0 saturated carbocycles. The highest BCUT2D eigenvalue weighted by atomic mass is 35.5. The van der Waals surface area contributed by atoms with Crippen molar-refractivity contribution < 1.29 is 20.1 Å². The van der Waals surface area contributed by atoms with Gasteiger partial charge in [-0.05, 0) is 49.2 Å². The molecule has 0 atom stereocenters. The zero-order valence-corrected chi connectivity index (χ0v) is 18.3. The lowest BCUT2D eigenvalue weighted by Crippen LogP contribution is -2.24. The fraction of sp³-hybridized carbons (Fsp3) is 0.217. The van der Waals surface area contributed by atoms with Crippen LogP contribution in [0.4, 0.5) is 11.4 Å². The van der Waals surface area contributed by atoms with Crippen LogP contribution in [0.15, 0.2) is 64.5 Å². The van der Waals surface area contributed by atoms with Crippen molar-refractivity contribution in [1.82, 2.24) is 0 Å². The monoisotopic (exact) mass is 460 g/mol. The Labute approximate surface area is 190 Å². The van der Waals surface area contributed by atoms with Gasteiger partial charge in [-0.25, -0.2) is 4.99 Å². The minimum Gasteiger partial charge on any atom is -0.506 e. The van der Waals surface area contributed by atoms with E-state index < -0.39 is 5.78 Å². The van der Waals surface area contributed by atoms with Crippen molar-refractivity contribution in [3.05, 3.63) is 69.5 Å². The summed E-state index contributed by atoms with van der Waals surface area (Å²) in [7, 11) is 0. The van der Waals surface area contributed by atoms with Gasteiger partial charge in [-0.1, -0.05) is 43.0 Å². The summed E-state index contributed by atoms with van der Waals surface area (Å²) in [6.07, 6.45) is 4.34. The normalized spacial score (nSPS) is 15.4. The van der Waals surface area contributed by atoms with Crippen molar-refractivity contribution in [3.63, 3.8) is 0 Å². The molecule has 0 aromatic heterocycles. The SMILES string of the molecule is CCCCCC1=C(Nc2ccc(O)c(Cl)c2)C(O)=CC(=O)C1=Nc1ccc(O)c(Cl)c1. The zero-order chi connectivity index (χ0) is 22.5. The van der Waals surface area contributed by atoms with Crippen LogP contribution >= 0.6 is 23.2 Å². The Bertz CT molecular complexity index is 1110. The predicted octanol–water partition coefficient (Wildman–Crippen LogP) is 6.45. The summed E-state index contributed by atoms with van der Waals surface area (Å²) in [5.41, 5.74) is 2.03. The molecule has 0 saturated heterocycles. The van der Waals surface area contributed by atoms with Gasteiger partial charge >= 0.3 is 0 Å².